The molecule has 38 heavy (non-hydrogen) atoms. The second-order valence-electron chi connectivity index (χ2n) is 9.30. The first-order valence-corrected chi connectivity index (χ1v) is 15.3. The van der Waals surface area contributed by atoms with Gasteiger partial charge in [-0.15, -0.1) is 23.5 Å². The number of nitrogens with zero attached hydrogens (tertiary/aromatic N) is 1. The summed E-state index contributed by atoms with van der Waals surface area (Å²) in [5.41, 5.74) is 9.97. The van der Waals surface area contributed by atoms with Crippen LogP contribution in [0.2, 0.25) is 0 Å². The van der Waals surface area contributed by atoms with Gasteiger partial charge in [0.25, 0.3) is 0 Å². The third-order valence-corrected chi connectivity index (χ3v) is 9.19. The third kappa shape index (κ3) is 7.44. The minimum absolute atomic E-state index is 0.0870. The molecule has 200 valence electrons. The van der Waals surface area contributed by atoms with Crippen LogP contribution in [0.25, 0.3) is 5.57 Å². The number of nitrogens with one attached hydrogen (secondary N) is 2. The molecule has 7 heteroatoms. The number of amides is 1. The molecule has 0 saturated carbocycles. The number of para-hydroxylation sites is 2. The molecular weight excluding hydrogens is 509 g/mol. The van der Waals surface area contributed by atoms with Crippen molar-refractivity contribution >= 4 is 46.4 Å². The van der Waals surface area contributed by atoms with Crippen LogP contribution in [0.1, 0.15) is 48.8 Å². The van der Waals surface area contributed by atoms with E-state index >= 15 is 0 Å². The highest BCUT2D eigenvalue weighted by Gasteiger charge is 2.28. The maximum absolute atomic E-state index is 11.4. The van der Waals surface area contributed by atoms with Gasteiger partial charge in [-0.3, -0.25) is 10.2 Å². The molecule has 1 aliphatic heterocycles. The number of hydrogen-bond acceptors (Lipinski definition) is 6. The van der Waals surface area contributed by atoms with Gasteiger partial charge in [-0.25, -0.2) is 5.84 Å². The Morgan fingerprint density at radius 1 is 0.789 bits per heavy atom. The molecule has 5 nitrogen and oxygen atoms in total. The Bertz CT molecular complexity index is 1170. The fourth-order valence-electron chi connectivity index (χ4n) is 4.67. The monoisotopic (exact) mass is 546 g/mol. The summed E-state index contributed by atoms with van der Waals surface area (Å²) >= 11 is 3.94. The number of rotatable bonds is 14. The van der Waals surface area contributed by atoms with Gasteiger partial charge in [-0.2, -0.15) is 0 Å². The van der Waals surface area contributed by atoms with Crippen LogP contribution in [-0.4, -0.2) is 31.0 Å². The molecule has 0 radical (unpaired) electrons. The molecule has 0 atom stereocenters. The van der Waals surface area contributed by atoms with E-state index in [2.05, 4.69) is 94.5 Å². The fraction of sp³-hybridized carbons (Fsp3) is 0.323. The molecule has 4 rings (SSSR count). The number of anilines is 2. The van der Waals surface area contributed by atoms with Crippen molar-refractivity contribution in [1.82, 2.24) is 10.7 Å². The predicted octanol–water partition coefficient (Wildman–Crippen LogP) is 6.68. The zero-order chi connectivity index (χ0) is 26.6. The number of hydrogen-bond donors (Lipinski definition) is 3. The largest absolute Gasteiger partial charge is 0.336 e. The van der Waals surface area contributed by atoms with Gasteiger partial charge in [-0.1, -0.05) is 73.2 Å². The summed E-state index contributed by atoms with van der Waals surface area (Å²) < 4.78 is 1.39. The van der Waals surface area contributed by atoms with Crippen LogP contribution >= 0.6 is 23.5 Å². The Labute approximate surface area is 235 Å². The van der Waals surface area contributed by atoms with Crippen LogP contribution in [-0.2, 0) is 11.3 Å². The van der Waals surface area contributed by atoms with Crippen molar-refractivity contribution in [3.05, 3.63) is 99.8 Å². The van der Waals surface area contributed by atoms with Crippen LogP contribution in [0.15, 0.2) is 83.1 Å². The highest BCUT2D eigenvalue weighted by molar-refractivity contribution is 8.22. The van der Waals surface area contributed by atoms with E-state index < -0.39 is 0 Å². The van der Waals surface area contributed by atoms with Crippen LogP contribution in [0, 0.1) is 0 Å². The molecule has 4 N–H and O–H groups in total. The van der Waals surface area contributed by atoms with Gasteiger partial charge < -0.3 is 10.2 Å². The molecule has 0 spiro atoms. The second kappa shape index (κ2) is 15.0. The number of fused-ring (bicyclic) bond motifs is 2. The van der Waals surface area contributed by atoms with Crippen LogP contribution in [0.4, 0.5) is 11.4 Å². The van der Waals surface area contributed by atoms with Gasteiger partial charge in [0.1, 0.15) is 0 Å². The highest BCUT2D eigenvalue weighted by Crippen LogP contribution is 2.50. The summed E-state index contributed by atoms with van der Waals surface area (Å²) in [5.74, 6) is 7.23. The SMILES string of the molecule is CNCCCSC(SCCCCCC(=O)NN)=C1c2ccccc2N(Cc2ccccc2)c2ccccc21. The van der Waals surface area contributed by atoms with Crippen molar-refractivity contribution in [1.29, 1.82) is 0 Å². The van der Waals surface area contributed by atoms with E-state index in [4.69, 9.17) is 5.84 Å². The summed E-state index contributed by atoms with van der Waals surface area (Å²) in [6.45, 7) is 1.85. The topological polar surface area (TPSA) is 70.4 Å². The Morgan fingerprint density at radius 3 is 2.03 bits per heavy atom. The van der Waals surface area contributed by atoms with E-state index in [1.165, 1.54) is 37.9 Å². The lowest BCUT2D eigenvalue weighted by Gasteiger charge is -2.35. The number of hydrazine groups is 1. The van der Waals surface area contributed by atoms with Crippen molar-refractivity contribution < 1.29 is 4.79 Å². The Balaban J connectivity index is 1.65. The lowest BCUT2D eigenvalue weighted by Crippen LogP contribution is -2.29. The zero-order valence-corrected chi connectivity index (χ0v) is 23.8. The van der Waals surface area contributed by atoms with E-state index in [1.807, 2.05) is 30.6 Å². The molecule has 0 bridgehead atoms. The number of carbonyl (C=O) groups is 1. The minimum Gasteiger partial charge on any atom is -0.336 e. The van der Waals surface area contributed by atoms with Gasteiger partial charge in [0, 0.05) is 45.3 Å². The summed E-state index contributed by atoms with van der Waals surface area (Å²) in [4.78, 5) is 13.9. The molecule has 1 amide bonds. The fourth-order valence-corrected chi connectivity index (χ4v) is 7.24. The molecular formula is C31H38N4OS2. The quantitative estimate of drug-likeness (QED) is 0.0907. The first-order valence-electron chi connectivity index (χ1n) is 13.4. The lowest BCUT2D eigenvalue weighted by molar-refractivity contribution is -0.121. The number of thioether (sulfide) groups is 2. The average molecular weight is 547 g/mol. The molecule has 3 aromatic carbocycles. The third-order valence-electron chi connectivity index (χ3n) is 6.56. The van der Waals surface area contributed by atoms with Crippen molar-refractivity contribution in [2.45, 2.75) is 38.6 Å². The number of carbonyl (C=O) groups excluding carboxylic acids is 1. The smallest absolute Gasteiger partial charge is 0.233 e. The average Bonchev–Trinajstić information content (AvgIpc) is 2.96. The highest BCUT2D eigenvalue weighted by atomic mass is 32.2. The Morgan fingerprint density at radius 2 is 1.39 bits per heavy atom. The van der Waals surface area contributed by atoms with E-state index in [0.29, 0.717) is 6.42 Å². The minimum atomic E-state index is -0.0870. The van der Waals surface area contributed by atoms with E-state index in [9.17, 15) is 4.79 Å². The molecule has 0 aromatic heterocycles. The number of benzene rings is 3. The van der Waals surface area contributed by atoms with Crippen molar-refractivity contribution in [2.75, 3.05) is 30.0 Å². The van der Waals surface area contributed by atoms with Crippen molar-refractivity contribution in [2.24, 2.45) is 5.84 Å². The molecule has 1 aliphatic rings. The zero-order valence-electron chi connectivity index (χ0n) is 22.1. The van der Waals surface area contributed by atoms with Crippen molar-refractivity contribution in [3.8, 4) is 0 Å². The summed E-state index contributed by atoms with van der Waals surface area (Å²) in [6.07, 6.45) is 4.57. The number of unbranched alkanes of at least 4 members (excludes halogenated alkanes) is 2. The van der Waals surface area contributed by atoms with Gasteiger partial charge in [0.05, 0.1) is 0 Å². The summed E-state index contributed by atoms with van der Waals surface area (Å²) in [6, 6.07) is 28.4. The molecule has 1 heterocycles. The van der Waals surface area contributed by atoms with Gasteiger partial charge in [0.2, 0.25) is 5.91 Å². The van der Waals surface area contributed by atoms with Crippen LogP contribution < -0.4 is 21.5 Å². The van der Waals surface area contributed by atoms with Crippen molar-refractivity contribution in [3.63, 3.8) is 0 Å². The first kappa shape index (κ1) is 28.3. The van der Waals surface area contributed by atoms with Crippen LogP contribution in [0.5, 0.6) is 0 Å². The molecule has 0 saturated heterocycles. The normalized spacial score (nSPS) is 12.2. The van der Waals surface area contributed by atoms with Gasteiger partial charge in [-0.05, 0) is 62.1 Å². The molecule has 3 aromatic rings. The number of nitrogens with two attached hydrogens (primary N) is 1. The summed E-state index contributed by atoms with van der Waals surface area (Å²) in [7, 11) is 2.01. The van der Waals surface area contributed by atoms with E-state index in [-0.39, 0.29) is 5.91 Å². The van der Waals surface area contributed by atoms with E-state index in [0.717, 1.165) is 50.3 Å². The van der Waals surface area contributed by atoms with Gasteiger partial charge >= 0.3 is 0 Å². The van der Waals surface area contributed by atoms with Gasteiger partial charge in [0.15, 0.2) is 0 Å². The molecule has 0 aliphatic carbocycles. The van der Waals surface area contributed by atoms with Crippen LogP contribution in [0.3, 0.4) is 0 Å². The molecule has 0 unspecified atom stereocenters. The lowest BCUT2D eigenvalue weighted by atomic mass is 9.91. The predicted molar refractivity (Wildman–Crippen MR) is 165 cm³/mol. The maximum atomic E-state index is 11.4. The Kier molecular flexibility index (Phi) is 11.2. The second-order valence-corrected chi connectivity index (χ2v) is 11.8. The van der Waals surface area contributed by atoms with E-state index in [1.54, 1.807) is 0 Å². The Hall–Kier alpha value is -2.71. The molecule has 0 fully saturated rings. The maximum Gasteiger partial charge on any atom is 0.233 e. The summed E-state index contributed by atoms with van der Waals surface area (Å²) in [5, 5.41) is 3.28. The first-order chi connectivity index (χ1) is 18.7. The standard InChI is InChI=1S/C31H38N4OS2/c1-33-20-12-22-38-31(37-21-11-3-6-19-29(36)34-32)30-25-15-7-9-17-27(25)35(23-24-13-4-2-5-14-24)28-18-10-8-16-26(28)30/h2,4-5,7-10,13-18,33H,3,6,11-12,19-23,32H2,1H3,(H,34,36).